The van der Waals surface area contributed by atoms with E-state index in [9.17, 15) is 0 Å². The van der Waals surface area contributed by atoms with Crippen LogP contribution in [0.2, 0.25) is 0 Å². The lowest BCUT2D eigenvalue weighted by molar-refractivity contribution is 0.458. The summed E-state index contributed by atoms with van der Waals surface area (Å²) in [4.78, 5) is 4.04. The fourth-order valence-corrected chi connectivity index (χ4v) is 2.57. The van der Waals surface area contributed by atoms with Crippen LogP contribution in [0, 0.1) is 0 Å². The Morgan fingerprint density at radius 1 is 1.00 bits per heavy atom. The predicted octanol–water partition coefficient (Wildman–Crippen LogP) is 3.99. The van der Waals surface area contributed by atoms with Gasteiger partial charge in [0.1, 0.15) is 0 Å². The molecule has 0 saturated heterocycles. The SMILES string of the molecule is CCCCCCCCCCC(Cc1ccncc1)NN. The molecule has 0 aromatic carbocycles. The molecule has 3 N–H and O–H groups in total. The summed E-state index contributed by atoms with van der Waals surface area (Å²) in [6.45, 7) is 2.27. The predicted molar refractivity (Wildman–Crippen MR) is 86.3 cm³/mol. The average molecular weight is 277 g/mol. The van der Waals surface area contributed by atoms with Gasteiger partial charge in [-0.25, -0.2) is 0 Å². The van der Waals surface area contributed by atoms with E-state index >= 15 is 0 Å². The van der Waals surface area contributed by atoms with Crippen molar-refractivity contribution in [1.29, 1.82) is 0 Å². The molecule has 0 aliphatic carbocycles. The van der Waals surface area contributed by atoms with Crippen molar-refractivity contribution in [1.82, 2.24) is 10.4 Å². The zero-order chi connectivity index (χ0) is 14.5. The van der Waals surface area contributed by atoms with E-state index in [0.717, 1.165) is 12.8 Å². The third-order valence-corrected chi connectivity index (χ3v) is 3.87. The van der Waals surface area contributed by atoms with Gasteiger partial charge in [-0.3, -0.25) is 16.3 Å². The molecular weight excluding hydrogens is 246 g/mol. The van der Waals surface area contributed by atoms with Gasteiger partial charge in [0, 0.05) is 18.4 Å². The van der Waals surface area contributed by atoms with Crippen molar-refractivity contribution in [3.05, 3.63) is 30.1 Å². The average Bonchev–Trinajstić information content (AvgIpc) is 2.49. The second-order valence-corrected chi connectivity index (χ2v) is 5.69. The Hall–Kier alpha value is -0.930. The van der Waals surface area contributed by atoms with E-state index in [-0.39, 0.29) is 0 Å². The highest BCUT2D eigenvalue weighted by Crippen LogP contribution is 2.12. The highest BCUT2D eigenvalue weighted by Gasteiger charge is 2.07. The van der Waals surface area contributed by atoms with Crippen LogP contribution in [-0.2, 0) is 6.42 Å². The minimum Gasteiger partial charge on any atom is -0.271 e. The lowest BCUT2D eigenvalue weighted by Crippen LogP contribution is -2.36. The molecule has 0 amide bonds. The van der Waals surface area contributed by atoms with Crippen molar-refractivity contribution in [2.75, 3.05) is 0 Å². The molecule has 0 fully saturated rings. The van der Waals surface area contributed by atoms with Crippen LogP contribution in [0.1, 0.15) is 70.3 Å². The Balaban J connectivity index is 2.04. The van der Waals surface area contributed by atoms with E-state index in [1.807, 2.05) is 12.4 Å². The highest BCUT2D eigenvalue weighted by molar-refractivity contribution is 5.11. The van der Waals surface area contributed by atoms with Crippen LogP contribution in [0.5, 0.6) is 0 Å². The lowest BCUT2D eigenvalue weighted by Gasteiger charge is -2.15. The van der Waals surface area contributed by atoms with Gasteiger partial charge in [0.25, 0.3) is 0 Å². The van der Waals surface area contributed by atoms with Gasteiger partial charge in [-0.05, 0) is 30.5 Å². The largest absolute Gasteiger partial charge is 0.271 e. The summed E-state index contributed by atoms with van der Waals surface area (Å²) in [6.07, 6.45) is 16.8. The third kappa shape index (κ3) is 8.28. The molecule has 1 aromatic heterocycles. The Morgan fingerprint density at radius 3 is 2.20 bits per heavy atom. The van der Waals surface area contributed by atoms with Gasteiger partial charge < -0.3 is 0 Å². The number of aromatic nitrogens is 1. The van der Waals surface area contributed by atoms with Crippen LogP contribution >= 0.6 is 0 Å². The number of unbranched alkanes of at least 4 members (excludes halogenated alkanes) is 7. The summed E-state index contributed by atoms with van der Waals surface area (Å²) < 4.78 is 0. The maximum Gasteiger partial charge on any atom is 0.0270 e. The normalized spacial score (nSPS) is 12.5. The first-order valence-corrected chi connectivity index (χ1v) is 8.21. The van der Waals surface area contributed by atoms with Gasteiger partial charge in [0.15, 0.2) is 0 Å². The van der Waals surface area contributed by atoms with Crippen molar-refractivity contribution in [2.24, 2.45) is 5.84 Å². The van der Waals surface area contributed by atoms with Crippen LogP contribution < -0.4 is 11.3 Å². The van der Waals surface area contributed by atoms with Crippen molar-refractivity contribution >= 4 is 0 Å². The Bertz CT molecular complexity index is 313. The summed E-state index contributed by atoms with van der Waals surface area (Å²) in [7, 11) is 0. The van der Waals surface area contributed by atoms with Crippen LogP contribution in [0.3, 0.4) is 0 Å². The Kier molecular flexibility index (Phi) is 10.2. The minimum absolute atomic E-state index is 0.387. The van der Waals surface area contributed by atoms with Gasteiger partial charge in [0.2, 0.25) is 0 Å². The number of nitrogens with one attached hydrogen (secondary N) is 1. The van der Waals surface area contributed by atoms with Gasteiger partial charge in [-0.15, -0.1) is 0 Å². The molecule has 3 heteroatoms. The van der Waals surface area contributed by atoms with E-state index in [4.69, 9.17) is 5.84 Å². The van der Waals surface area contributed by atoms with E-state index in [1.165, 1.54) is 56.9 Å². The number of nitrogens with zero attached hydrogens (tertiary/aromatic N) is 1. The molecule has 1 rings (SSSR count). The van der Waals surface area contributed by atoms with Crippen LogP contribution in [-0.4, -0.2) is 11.0 Å². The van der Waals surface area contributed by atoms with Gasteiger partial charge >= 0.3 is 0 Å². The lowest BCUT2D eigenvalue weighted by atomic mass is 10.0. The van der Waals surface area contributed by atoms with Crippen LogP contribution in [0.4, 0.5) is 0 Å². The Morgan fingerprint density at radius 2 is 1.60 bits per heavy atom. The van der Waals surface area contributed by atoms with Crippen molar-refractivity contribution in [2.45, 2.75) is 77.2 Å². The quantitative estimate of drug-likeness (QED) is 0.345. The summed E-state index contributed by atoms with van der Waals surface area (Å²) in [6, 6.07) is 4.52. The first-order valence-electron chi connectivity index (χ1n) is 8.21. The van der Waals surface area contributed by atoms with Gasteiger partial charge in [0.05, 0.1) is 0 Å². The molecule has 0 saturated carbocycles. The monoisotopic (exact) mass is 277 g/mol. The van der Waals surface area contributed by atoms with E-state index in [1.54, 1.807) is 0 Å². The molecule has 20 heavy (non-hydrogen) atoms. The first-order chi connectivity index (χ1) is 9.86. The summed E-state index contributed by atoms with van der Waals surface area (Å²) in [5.74, 6) is 5.65. The molecule has 0 aliphatic rings. The summed E-state index contributed by atoms with van der Waals surface area (Å²) in [5, 5.41) is 0. The van der Waals surface area contributed by atoms with Gasteiger partial charge in [-0.2, -0.15) is 0 Å². The zero-order valence-electron chi connectivity index (χ0n) is 13.0. The van der Waals surface area contributed by atoms with Crippen molar-refractivity contribution in [3.63, 3.8) is 0 Å². The smallest absolute Gasteiger partial charge is 0.0270 e. The number of hydrazine groups is 1. The highest BCUT2D eigenvalue weighted by atomic mass is 15.2. The first kappa shape index (κ1) is 17.1. The number of pyridine rings is 1. The fraction of sp³-hybridized carbons (Fsp3) is 0.706. The molecule has 1 aromatic rings. The molecule has 0 radical (unpaired) electrons. The maximum atomic E-state index is 5.65. The minimum atomic E-state index is 0.387. The standard InChI is InChI=1S/C17H31N3/c1-2-3-4-5-6-7-8-9-10-17(20-18)15-16-11-13-19-14-12-16/h11-14,17,20H,2-10,15,18H2,1H3. The molecule has 3 nitrogen and oxygen atoms in total. The zero-order valence-corrected chi connectivity index (χ0v) is 13.0. The van der Waals surface area contributed by atoms with E-state index < -0.39 is 0 Å². The molecular formula is C17H31N3. The third-order valence-electron chi connectivity index (χ3n) is 3.87. The fourth-order valence-electron chi connectivity index (χ4n) is 2.57. The maximum absolute atomic E-state index is 5.65. The van der Waals surface area contributed by atoms with Crippen molar-refractivity contribution < 1.29 is 0 Å². The van der Waals surface area contributed by atoms with E-state index in [0.29, 0.717) is 6.04 Å². The molecule has 114 valence electrons. The molecule has 1 atom stereocenters. The molecule has 1 unspecified atom stereocenters. The second-order valence-electron chi connectivity index (χ2n) is 5.69. The van der Waals surface area contributed by atoms with E-state index in [2.05, 4.69) is 29.5 Å². The topological polar surface area (TPSA) is 50.9 Å². The summed E-state index contributed by atoms with van der Waals surface area (Å²) in [5.41, 5.74) is 4.26. The number of nitrogens with two attached hydrogens (primary N) is 1. The molecule has 1 heterocycles. The van der Waals surface area contributed by atoms with Crippen LogP contribution in [0.25, 0.3) is 0 Å². The van der Waals surface area contributed by atoms with Gasteiger partial charge in [-0.1, -0.05) is 58.3 Å². The second kappa shape index (κ2) is 11.9. The summed E-state index contributed by atoms with van der Waals surface area (Å²) >= 11 is 0. The Labute approximate surface area is 124 Å². The number of rotatable bonds is 12. The number of hydrogen-bond donors (Lipinski definition) is 2. The number of hydrogen-bond acceptors (Lipinski definition) is 3. The molecule has 0 spiro atoms. The molecule has 0 bridgehead atoms. The van der Waals surface area contributed by atoms with Crippen molar-refractivity contribution in [3.8, 4) is 0 Å². The van der Waals surface area contributed by atoms with Crippen LogP contribution in [0.15, 0.2) is 24.5 Å². The molecule has 0 aliphatic heterocycles.